The molecule has 118 valence electrons. The minimum atomic E-state index is 0.709. The fourth-order valence-corrected chi connectivity index (χ4v) is 3.03. The Balaban J connectivity index is 1.60. The molecule has 2 heteroatoms. The molecule has 0 amide bonds. The fourth-order valence-electron chi connectivity index (χ4n) is 3.03. The van der Waals surface area contributed by atoms with E-state index in [0.29, 0.717) is 6.04 Å². The molecule has 1 N–H and O–H groups in total. The van der Waals surface area contributed by atoms with E-state index < -0.39 is 0 Å². The van der Waals surface area contributed by atoms with Crippen LogP contribution in [-0.4, -0.2) is 19.2 Å². The highest BCUT2D eigenvalue weighted by molar-refractivity contribution is 5.27. The van der Waals surface area contributed by atoms with Gasteiger partial charge in [-0.25, -0.2) is 0 Å². The summed E-state index contributed by atoms with van der Waals surface area (Å²) in [6.07, 6.45) is 9.10. The van der Waals surface area contributed by atoms with Gasteiger partial charge in [0.15, 0.2) is 0 Å². The van der Waals surface area contributed by atoms with Crippen molar-refractivity contribution in [2.75, 3.05) is 13.2 Å². The van der Waals surface area contributed by atoms with Gasteiger partial charge in [-0.15, -0.1) is 0 Å². The lowest BCUT2D eigenvalue weighted by molar-refractivity contribution is 0.270. The first kappa shape index (κ1) is 16.4. The number of ether oxygens (including phenoxy) is 1. The van der Waals surface area contributed by atoms with Gasteiger partial charge in [-0.05, 0) is 62.1 Å². The van der Waals surface area contributed by atoms with Crippen LogP contribution < -0.4 is 10.1 Å². The van der Waals surface area contributed by atoms with Crippen molar-refractivity contribution in [3.63, 3.8) is 0 Å². The SMILES string of the molecule is CCCCc1ccc(OCCNC2CCC(C)CC2)cc1. The molecule has 21 heavy (non-hydrogen) atoms. The van der Waals surface area contributed by atoms with Gasteiger partial charge in [0, 0.05) is 12.6 Å². The van der Waals surface area contributed by atoms with Gasteiger partial charge in [0.1, 0.15) is 12.4 Å². The summed E-state index contributed by atoms with van der Waals surface area (Å²) in [4.78, 5) is 0. The predicted octanol–water partition coefficient (Wildman–Crippen LogP) is 4.58. The number of rotatable bonds is 8. The molecule has 0 aliphatic heterocycles. The van der Waals surface area contributed by atoms with Crippen molar-refractivity contribution in [3.05, 3.63) is 29.8 Å². The lowest BCUT2D eigenvalue weighted by Gasteiger charge is -2.27. The molecular weight excluding hydrogens is 258 g/mol. The first-order valence-electron chi connectivity index (χ1n) is 8.73. The molecule has 0 spiro atoms. The highest BCUT2D eigenvalue weighted by Gasteiger charge is 2.17. The molecule has 0 heterocycles. The average molecular weight is 289 g/mol. The Hall–Kier alpha value is -1.02. The maximum absolute atomic E-state index is 5.82. The summed E-state index contributed by atoms with van der Waals surface area (Å²) < 4.78 is 5.82. The molecular formula is C19H31NO. The van der Waals surface area contributed by atoms with Crippen molar-refractivity contribution >= 4 is 0 Å². The number of aryl methyl sites for hydroxylation is 1. The molecule has 1 saturated carbocycles. The Morgan fingerprint density at radius 2 is 1.81 bits per heavy atom. The van der Waals surface area contributed by atoms with E-state index in [0.717, 1.165) is 24.8 Å². The molecule has 1 fully saturated rings. The topological polar surface area (TPSA) is 21.3 Å². The summed E-state index contributed by atoms with van der Waals surface area (Å²) in [6.45, 7) is 6.32. The summed E-state index contributed by atoms with van der Waals surface area (Å²) in [5.41, 5.74) is 1.42. The minimum Gasteiger partial charge on any atom is -0.492 e. The Morgan fingerprint density at radius 1 is 1.10 bits per heavy atom. The van der Waals surface area contributed by atoms with Crippen LogP contribution in [0.2, 0.25) is 0 Å². The molecule has 1 aliphatic carbocycles. The molecule has 0 radical (unpaired) electrons. The van der Waals surface area contributed by atoms with Crippen LogP contribution in [0.3, 0.4) is 0 Å². The molecule has 0 unspecified atom stereocenters. The second-order valence-corrected chi connectivity index (χ2v) is 6.51. The average Bonchev–Trinajstić information content (AvgIpc) is 2.52. The largest absolute Gasteiger partial charge is 0.492 e. The Bertz CT molecular complexity index is 379. The molecule has 0 atom stereocenters. The van der Waals surface area contributed by atoms with Crippen molar-refractivity contribution in [2.45, 2.75) is 64.8 Å². The molecule has 1 aromatic carbocycles. The van der Waals surface area contributed by atoms with Crippen LogP contribution in [0.1, 0.15) is 57.9 Å². The second-order valence-electron chi connectivity index (χ2n) is 6.51. The van der Waals surface area contributed by atoms with E-state index in [2.05, 4.69) is 43.4 Å². The maximum Gasteiger partial charge on any atom is 0.119 e. The Labute approximate surface area is 130 Å². The highest BCUT2D eigenvalue weighted by Crippen LogP contribution is 2.23. The van der Waals surface area contributed by atoms with E-state index in [1.165, 1.54) is 50.5 Å². The summed E-state index contributed by atoms with van der Waals surface area (Å²) in [5, 5.41) is 3.63. The van der Waals surface area contributed by atoms with E-state index >= 15 is 0 Å². The van der Waals surface area contributed by atoms with E-state index in [1.54, 1.807) is 0 Å². The van der Waals surface area contributed by atoms with Gasteiger partial charge in [0.25, 0.3) is 0 Å². The van der Waals surface area contributed by atoms with Crippen molar-refractivity contribution in [3.8, 4) is 5.75 Å². The predicted molar refractivity (Wildman–Crippen MR) is 90.0 cm³/mol. The lowest BCUT2D eigenvalue weighted by Crippen LogP contribution is -2.35. The van der Waals surface area contributed by atoms with Crippen LogP contribution >= 0.6 is 0 Å². The van der Waals surface area contributed by atoms with Gasteiger partial charge >= 0.3 is 0 Å². The third-order valence-corrected chi connectivity index (χ3v) is 4.56. The highest BCUT2D eigenvalue weighted by atomic mass is 16.5. The third kappa shape index (κ3) is 6.09. The first-order valence-corrected chi connectivity index (χ1v) is 8.73. The number of hydrogen-bond donors (Lipinski definition) is 1. The summed E-state index contributed by atoms with van der Waals surface area (Å²) in [5.74, 6) is 1.92. The number of hydrogen-bond acceptors (Lipinski definition) is 2. The van der Waals surface area contributed by atoms with Gasteiger partial charge in [-0.3, -0.25) is 0 Å². The Morgan fingerprint density at radius 3 is 2.48 bits per heavy atom. The lowest BCUT2D eigenvalue weighted by atomic mass is 9.87. The van der Waals surface area contributed by atoms with Crippen LogP contribution in [0.15, 0.2) is 24.3 Å². The molecule has 2 nitrogen and oxygen atoms in total. The minimum absolute atomic E-state index is 0.709. The molecule has 2 rings (SSSR count). The van der Waals surface area contributed by atoms with E-state index in [1.807, 2.05) is 0 Å². The van der Waals surface area contributed by atoms with E-state index in [4.69, 9.17) is 4.74 Å². The smallest absolute Gasteiger partial charge is 0.119 e. The van der Waals surface area contributed by atoms with Crippen LogP contribution in [0.4, 0.5) is 0 Å². The van der Waals surface area contributed by atoms with Crippen molar-refractivity contribution in [1.82, 2.24) is 5.32 Å². The van der Waals surface area contributed by atoms with Crippen molar-refractivity contribution < 1.29 is 4.74 Å². The number of benzene rings is 1. The first-order chi connectivity index (χ1) is 10.3. The van der Waals surface area contributed by atoms with Crippen LogP contribution in [0.5, 0.6) is 5.75 Å². The quantitative estimate of drug-likeness (QED) is 0.707. The van der Waals surface area contributed by atoms with Gasteiger partial charge in [0.05, 0.1) is 0 Å². The van der Waals surface area contributed by atoms with Gasteiger partial charge in [0.2, 0.25) is 0 Å². The van der Waals surface area contributed by atoms with Gasteiger partial charge in [-0.1, -0.05) is 32.4 Å². The van der Waals surface area contributed by atoms with Crippen molar-refractivity contribution in [1.29, 1.82) is 0 Å². The third-order valence-electron chi connectivity index (χ3n) is 4.56. The standard InChI is InChI=1S/C19H31NO/c1-3-4-5-17-8-12-19(13-9-17)21-15-14-20-18-10-6-16(2)7-11-18/h8-9,12-13,16,18,20H,3-7,10-11,14-15H2,1-2H3. The summed E-state index contributed by atoms with van der Waals surface area (Å²) in [7, 11) is 0. The van der Waals surface area contributed by atoms with Crippen LogP contribution in [0.25, 0.3) is 0 Å². The van der Waals surface area contributed by atoms with E-state index in [9.17, 15) is 0 Å². The number of unbranched alkanes of at least 4 members (excludes halogenated alkanes) is 1. The second kappa shape index (κ2) is 9.09. The zero-order valence-electron chi connectivity index (χ0n) is 13.7. The molecule has 0 aromatic heterocycles. The van der Waals surface area contributed by atoms with E-state index in [-0.39, 0.29) is 0 Å². The van der Waals surface area contributed by atoms with Gasteiger partial charge in [-0.2, -0.15) is 0 Å². The molecule has 1 aromatic rings. The molecule has 1 aliphatic rings. The summed E-state index contributed by atoms with van der Waals surface area (Å²) in [6, 6.07) is 9.31. The molecule has 0 bridgehead atoms. The van der Waals surface area contributed by atoms with Crippen molar-refractivity contribution in [2.24, 2.45) is 5.92 Å². The van der Waals surface area contributed by atoms with Crippen LogP contribution in [-0.2, 0) is 6.42 Å². The Kier molecular flexibility index (Phi) is 7.08. The van der Waals surface area contributed by atoms with Gasteiger partial charge < -0.3 is 10.1 Å². The summed E-state index contributed by atoms with van der Waals surface area (Å²) >= 11 is 0. The normalized spacial score (nSPS) is 22.2. The fraction of sp³-hybridized carbons (Fsp3) is 0.684. The zero-order chi connectivity index (χ0) is 14.9. The van der Waals surface area contributed by atoms with Crippen LogP contribution in [0, 0.1) is 5.92 Å². The number of nitrogens with one attached hydrogen (secondary N) is 1. The molecule has 0 saturated heterocycles. The maximum atomic E-state index is 5.82. The zero-order valence-corrected chi connectivity index (χ0v) is 13.7. The monoisotopic (exact) mass is 289 g/mol.